The van der Waals surface area contributed by atoms with E-state index in [1.165, 1.54) is 16.8 Å². The summed E-state index contributed by atoms with van der Waals surface area (Å²) in [5.41, 5.74) is 5.84. The van der Waals surface area contributed by atoms with E-state index in [1.54, 1.807) is 7.11 Å². The maximum atomic E-state index is 6.09. The van der Waals surface area contributed by atoms with E-state index < -0.39 is 0 Å². The van der Waals surface area contributed by atoms with Crippen LogP contribution in [0, 0.1) is 0 Å². The molecule has 0 aliphatic carbocycles. The lowest BCUT2D eigenvalue weighted by molar-refractivity contribution is 0.243. The van der Waals surface area contributed by atoms with Crippen molar-refractivity contribution in [2.75, 3.05) is 13.7 Å². The Kier molecular flexibility index (Phi) is 5.60. The van der Waals surface area contributed by atoms with Crippen molar-refractivity contribution >= 4 is 11.6 Å². The standard InChI is InChI=1S/C23H24ClN3O/c1-3-22-25-21-12-13-27(14-16-4-10-19(28-2)11-5-16)15-20(21)23(26-22)17-6-8-18(24)9-7-17/h4-11H,3,12-15H2,1-2H3. The van der Waals surface area contributed by atoms with Gasteiger partial charge in [0, 0.05) is 48.6 Å². The largest absolute Gasteiger partial charge is 0.497 e. The summed E-state index contributed by atoms with van der Waals surface area (Å²) in [4.78, 5) is 12.1. The maximum absolute atomic E-state index is 6.09. The van der Waals surface area contributed by atoms with E-state index in [0.717, 1.165) is 60.3 Å². The van der Waals surface area contributed by atoms with E-state index in [1.807, 2.05) is 36.4 Å². The lowest BCUT2D eigenvalue weighted by atomic mass is 9.98. The molecule has 5 heteroatoms. The molecule has 0 fully saturated rings. The molecule has 28 heavy (non-hydrogen) atoms. The summed E-state index contributed by atoms with van der Waals surface area (Å²) in [6, 6.07) is 16.2. The van der Waals surface area contributed by atoms with E-state index in [4.69, 9.17) is 26.3 Å². The topological polar surface area (TPSA) is 38.2 Å². The maximum Gasteiger partial charge on any atom is 0.129 e. The predicted octanol–water partition coefficient (Wildman–Crippen LogP) is 4.93. The molecular formula is C23H24ClN3O. The fourth-order valence-corrected chi connectivity index (χ4v) is 3.78. The van der Waals surface area contributed by atoms with Crippen LogP contribution in [0.4, 0.5) is 0 Å². The second-order valence-electron chi connectivity index (χ2n) is 7.08. The van der Waals surface area contributed by atoms with Crippen LogP contribution < -0.4 is 4.74 Å². The van der Waals surface area contributed by atoms with Gasteiger partial charge in [-0.05, 0) is 29.8 Å². The molecule has 3 aromatic rings. The molecule has 0 N–H and O–H groups in total. The van der Waals surface area contributed by atoms with Crippen molar-refractivity contribution in [1.82, 2.24) is 14.9 Å². The van der Waals surface area contributed by atoms with Gasteiger partial charge < -0.3 is 4.74 Å². The molecule has 4 nitrogen and oxygen atoms in total. The van der Waals surface area contributed by atoms with Crippen LogP contribution in [-0.2, 0) is 25.9 Å². The van der Waals surface area contributed by atoms with Gasteiger partial charge in [-0.1, -0.05) is 42.8 Å². The number of benzene rings is 2. The fourth-order valence-electron chi connectivity index (χ4n) is 3.65. The SMILES string of the molecule is CCc1nc2c(c(-c3ccc(Cl)cc3)n1)CN(Cc1ccc(OC)cc1)CC2. The van der Waals surface area contributed by atoms with Crippen LogP contribution in [0.5, 0.6) is 5.75 Å². The minimum atomic E-state index is 0.739. The summed E-state index contributed by atoms with van der Waals surface area (Å²) in [7, 11) is 1.69. The van der Waals surface area contributed by atoms with Gasteiger partial charge in [-0.2, -0.15) is 0 Å². The highest BCUT2D eigenvalue weighted by Crippen LogP contribution is 2.30. The Labute approximate surface area is 171 Å². The summed E-state index contributed by atoms with van der Waals surface area (Å²) >= 11 is 6.09. The van der Waals surface area contributed by atoms with Gasteiger partial charge in [-0.3, -0.25) is 4.90 Å². The third-order valence-electron chi connectivity index (χ3n) is 5.18. The lowest BCUT2D eigenvalue weighted by Gasteiger charge is -2.29. The highest BCUT2D eigenvalue weighted by atomic mass is 35.5. The number of fused-ring (bicyclic) bond motifs is 1. The first-order chi connectivity index (χ1) is 13.7. The third-order valence-corrected chi connectivity index (χ3v) is 5.44. The van der Waals surface area contributed by atoms with Crippen LogP contribution in [0.3, 0.4) is 0 Å². The first-order valence-corrected chi connectivity index (χ1v) is 10.0. The zero-order valence-electron chi connectivity index (χ0n) is 16.3. The second kappa shape index (κ2) is 8.29. The first kappa shape index (κ1) is 18.9. The van der Waals surface area contributed by atoms with Gasteiger partial charge in [0.2, 0.25) is 0 Å². The van der Waals surface area contributed by atoms with Gasteiger partial charge in [0.25, 0.3) is 0 Å². The van der Waals surface area contributed by atoms with Crippen molar-refractivity contribution in [3.63, 3.8) is 0 Å². The van der Waals surface area contributed by atoms with Crippen molar-refractivity contribution in [2.45, 2.75) is 32.9 Å². The third kappa shape index (κ3) is 4.03. The van der Waals surface area contributed by atoms with E-state index in [2.05, 4.69) is 24.0 Å². The molecule has 1 aromatic heterocycles. The number of nitrogens with zero attached hydrogens (tertiary/aromatic N) is 3. The number of halogens is 1. The molecule has 0 saturated heterocycles. The zero-order chi connectivity index (χ0) is 19.5. The van der Waals surface area contributed by atoms with Gasteiger partial charge >= 0.3 is 0 Å². The Morgan fingerprint density at radius 3 is 2.46 bits per heavy atom. The summed E-state index contributed by atoms with van der Waals surface area (Å²) in [6.45, 7) is 4.85. The normalized spacial score (nSPS) is 14.0. The molecule has 0 spiro atoms. The first-order valence-electron chi connectivity index (χ1n) is 9.66. The Bertz CT molecular complexity index is 955. The summed E-state index contributed by atoms with van der Waals surface area (Å²) in [6.07, 6.45) is 1.78. The number of ether oxygens (including phenoxy) is 1. The average molecular weight is 394 g/mol. The van der Waals surface area contributed by atoms with Gasteiger partial charge in [0.15, 0.2) is 0 Å². The number of hydrogen-bond acceptors (Lipinski definition) is 4. The Morgan fingerprint density at radius 1 is 1.04 bits per heavy atom. The number of rotatable bonds is 5. The predicted molar refractivity (Wildman–Crippen MR) is 113 cm³/mol. The molecule has 0 bridgehead atoms. The molecule has 2 heterocycles. The van der Waals surface area contributed by atoms with Crippen LogP contribution >= 0.6 is 11.6 Å². The summed E-state index contributed by atoms with van der Waals surface area (Å²) in [5, 5.41) is 0.739. The summed E-state index contributed by atoms with van der Waals surface area (Å²) < 4.78 is 5.26. The van der Waals surface area contributed by atoms with Crippen molar-refractivity contribution in [3.05, 3.63) is 76.2 Å². The van der Waals surface area contributed by atoms with Crippen molar-refractivity contribution in [1.29, 1.82) is 0 Å². The smallest absolute Gasteiger partial charge is 0.129 e. The molecular weight excluding hydrogens is 370 g/mol. The number of aromatic nitrogens is 2. The van der Waals surface area contributed by atoms with Crippen LogP contribution in [-0.4, -0.2) is 28.5 Å². The van der Waals surface area contributed by atoms with E-state index >= 15 is 0 Å². The lowest BCUT2D eigenvalue weighted by Crippen LogP contribution is -2.31. The highest BCUT2D eigenvalue weighted by molar-refractivity contribution is 6.30. The van der Waals surface area contributed by atoms with Crippen molar-refractivity contribution in [2.24, 2.45) is 0 Å². The molecule has 0 saturated carbocycles. The molecule has 4 rings (SSSR count). The van der Waals surface area contributed by atoms with Crippen LogP contribution in [0.25, 0.3) is 11.3 Å². The van der Waals surface area contributed by atoms with Crippen molar-refractivity contribution < 1.29 is 4.74 Å². The van der Waals surface area contributed by atoms with E-state index in [9.17, 15) is 0 Å². The number of hydrogen-bond donors (Lipinski definition) is 0. The number of aryl methyl sites for hydroxylation is 1. The minimum absolute atomic E-state index is 0.739. The molecule has 144 valence electrons. The minimum Gasteiger partial charge on any atom is -0.497 e. The Morgan fingerprint density at radius 2 is 1.79 bits per heavy atom. The highest BCUT2D eigenvalue weighted by Gasteiger charge is 2.23. The molecule has 1 aliphatic heterocycles. The van der Waals surface area contributed by atoms with E-state index in [0.29, 0.717) is 0 Å². The quantitative estimate of drug-likeness (QED) is 0.616. The average Bonchev–Trinajstić information content (AvgIpc) is 2.74. The molecule has 0 atom stereocenters. The Hall–Kier alpha value is -2.43. The molecule has 1 aliphatic rings. The summed E-state index contributed by atoms with van der Waals surface area (Å²) in [5.74, 6) is 1.80. The van der Waals surface area contributed by atoms with Crippen LogP contribution in [0.15, 0.2) is 48.5 Å². The van der Waals surface area contributed by atoms with Gasteiger partial charge in [0.05, 0.1) is 18.5 Å². The van der Waals surface area contributed by atoms with Crippen LogP contribution in [0.2, 0.25) is 5.02 Å². The van der Waals surface area contributed by atoms with Gasteiger partial charge in [0.1, 0.15) is 11.6 Å². The van der Waals surface area contributed by atoms with Crippen LogP contribution in [0.1, 0.15) is 29.6 Å². The van der Waals surface area contributed by atoms with E-state index in [-0.39, 0.29) is 0 Å². The van der Waals surface area contributed by atoms with Crippen molar-refractivity contribution in [3.8, 4) is 17.0 Å². The van der Waals surface area contributed by atoms with Gasteiger partial charge in [-0.25, -0.2) is 9.97 Å². The monoisotopic (exact) mass is 393 g/mol. The second-order valence-corrected chi connectivity index (χ2v) is 7.52. The molecule has 0 amide bonds. The molecule has 0 unspecified atom stereocenters. The number of methoxy groups -OCH3 is 1. The molecule has 2 aromatic carbocycles. The molecule has 0 radical (unpaired) electrons. The zero-order valence-corrected chi connectivity index (χ0v) is 17.0. The van der Waals surface area contributed by atoms with Gasteiger partial charge in [-0.15, -0.1) is 0 Å². The fraction of sp³-hybridized carbons (Fsp3) is 0.304. The Balaban J connectivity index is 1.63.